The second-order valence-electron chi connectivity index (χ2n) is 8.13. The third kappa shape index (κ3) is 4.00. The number of H-pyrrole nitrogens is 1. The average molecular weight is 397 g/mol. The zero-order chi connectivity index (χ0) is 19.7. The van der Waals surface area contributed by atoms with Crippen molar-refractivity contribution in [1.82, 2.24) is 9.97 Å². The fraction of sp³-hybridized carbons (Fsp3) is 0.435. The van der Waals surface area contributed by atoms with Gasteiger partial charge in [-0.2, -0.15) is 0 Å². The van der Waals surface area contributed by atoms with Gasteiger partial charge in [0.15, 0.2) is 9.84 Å². The number of hydrogen-bond donors (Lipinski definition) is 1. The molecular formula is C23H28N2O2S. The Hall–Kier alpha value is -2.14. The maximum Gasteiger partial charge on any atom is 0.175 e. The molecule has 1 atom stereocenters. The van der Waals surface area contributed by atoms with Gasteiger partial charge in [0.05, 0.1) is 4.90 Å². The van der Waals surface area contributed by atoms with Crippen LogP contribution >= 0.6 is 0 Å². The quantitative estimate of drug-likeness (QED) is 0.634. The minimum Gasteiger partial charge on any atom is -0.343 e. The molecule has 0 spiro atoms. The molecular weight excluding hydrogens is 368 g/mol. The molecule has 0 aliphatic heterocycles. The minimum atomic E-state index is -3.16. The summed E-state index contributed by atoms with van der Waals surface area (Å²) in [6, 6.07) is 12.0. The van der Waals surface area contributed by atoms with Crippen LogP contribution in [0.25, 0.3) is 11.0 Å². The minimum absolute atomic E-state index is 0.392. The van der Waals surface area contributed by atoms with Crippen LogP contribution in [0.2, 0.25) is 0 Å². The van der Waals surface area contributed by atoms with Crippen molar-refractivity contribution in [3.05, 3.63) is 59.4 Å². The van der Waals surface area contributed by atoms with Gasteiger partial charge in [-0.25, -0.2) is 13.4 Å². The van der Waals surface area contributed by atoms with Crippen molar-refractivity contribution in [2.24, 2.45) is 5.92 Å². The van der Waals surface area contributed by atoms with Crippen molar-refractivity contribution in [3.8, 4) is 0 Å². The first-order valence-electron chi connectivity index (χ1n) is 10.2. The largest absolute Gasteiger partial charge is 0.343 e. The number of aromatic nitrogens is 2. The molecule has 0 bridgehead atoms. The smallest absolute Gasteiger partial charge is 0.175 e. The second-order valence-corrected chi connectivity index (χ2v) is 10.1. The molecule has 148 valence electrons. The van der Waals surface area contributed by atoms with Crippen LogP contribution in [0, 0.1) is 5.92 Å². The molecule has 1 fully saturated rings. The van der Waals surface area contributed by atoms with Crippen molar-refractivity contribution in [2.45, 2.75) is 56.3 Å². The summed E-state index contributed by atoms with van der Waals surface area (Å²) in [6.07, 6.45) is 10.2. The summed E-state index contributed by atoms with van der Waals surface area (Å²) in [4.78, 5) is 8.46. The van der Waals surface area contributed by atoms with Gasteiger partial charge in [0, 0.05) is 23.5 Å². The Labute approximate surface area is 167 Å². The zero-order valence-electron chi connectivity index (χ0n) is 16.6. The Balaban J connectivity index is 1.65. The molecule has 0 amide bonds. The first-order valence-corrected chi connectivity index (χ1v) is 12.1. The highest BCUT2D eigenvalue weighted by molar-refractivity contribution is 7.90. The van der Waals surface area contributed by atoms with E-state index in [1.54, 1.807) is 12.1 Å². The molecule has 1 aliphatic carbocycles. The van der Waals surface area contributed by atoms with Crippen LogP contribution in [0.5, 0.6) is 0 Å². The van der Waals surface area contributed by atoms with Crippen LogP contribution in [0.15, 0.2) is 47.5 Å². The van der Waals surface area contributed by atoms with Crippen LogP contribution in [0.3, 0.4) is 0 Å². The summed E-state index contributed by atoms with van der Waals surface area (Å²) >= 11 is 0. The molecule has 4 nitrogen and oxygen atoms in total. The normalized spacial score (nSPS) is 16.6. The van der Waals surface area contributed by atoms with Gasteiger partial charge in [0.1, 0.15) is 5.65 Å². The van der Waals surface area contributed by atoms with Gasteiger partial charge in [-0.3, -0.25) is 0 Å². The molecule has 1 unspecified atom stereocenters. The molecule has 3 aromatic rings. The fourth-order valence-electron chi connectivity index (χ4n) is 4.54. The van der Waals surface area contributed by atoms with E-state index in [2.05, 4.69) is 29.0 Å². The number of sulfone groups is 1. The van der Waals surface area contributed by atoms with E-state index in [0.717, 1.165) is 18.5 Å². The van der Waals surface area contributed by atoms with E-state index in [1.165, 1.54) is 54.1 Å². The lowest BCUT2D eigenvalue weighted by Gasteiger charge is -2.24. The monoisotopic (exact) mass is 396 g/mol. The summed E-state index contributed by atoms with van der Waals surface area (Å²) < 4.78 is 23.6. The van der Waals surface area contributed by atoms with Crippen LogP contribution in [-0.2, 0) is 22.7 Å². The Bertz CT molecular complexity index is 1060. The van der Waals surface area contributed by atoms with E-state index in [-0.39, 0.29) is 0 Å². The summed E-state index contributed by atoms with van der Waals surface area (Å²) in [5.41, 5.74) is 4.64. The second kappa shape index (κ2) is 7.70. The zero-order valence-corrected chi connectivity index (χ0v) is 17.4. The number of aryl methyl sites for hydroxylation is 1. The molecule has 0 saturated heterocycles. The van der Waals surface area contributed by atoms with Crippen molar-refractivity contribution in [3.63, 3.8) is 0 Å². The maximum absolute atomic E-state index is 11.8. The molecule has 28 heavy (non-hydrogen) atoms. The number of pyridine rings is 1. The number of aromatic amines is 1. The highest BCUT2D eigenvalue weighted by atomic mass is 32.2. The van der Waals surface area contributed by atoms with Gasteiger partial charge in [-0.1, -0.05) is 31.9 Å². The lowest BCUT2D eigenvalue weighted by atomic mass is 9.82. The lowest BCUT2D eigenvalue weighted by Crippen LogP contribution is -2.13. The van der Waals surface area contributed by atoms with Crippen molar-refractivity contribution < 1.29 is 8.42 Å². The van der Waals surface area contributed by atoms with Crippen LogP contribution < -0.4 is 0 Å². The molecule has 1 saturated carbocycles. The van der Waals surface area contributed by atoms with Gasteiger partial charge >= 0.3 is 0 Å². The highest BCUT2D eigenvalue weighted by Crippen LogP contribution is 2.39. The average Bonchev–Trinajstić information content (AvgIpc) is 3.34. The number of nitrogens with one attached hydrogen (secondary N) is 1. The van der Waals surface area contributed by atoms with Gasteiger partial charge < -0.3 is 4.98 Å². The van der Waals surface area contributed by atoms with Gasteiger partial charge in [0.2, 0.25) is 0 Å². The Morgan fingerprint density at radius 2 is 1.86 bits per heavy atom. The standard InChI is InChI=1S/C23H28N2O2S/c1-3-16-12-19-13-20(25-23(19)24-15-16)14-22(17-6-4-5-7-17)18-8-10-21(11-9-18)28(2,26)27/h8-13,15,17,22H,3-7,14H2,1-2H3,(H,24,25). The predicted molar refractivity (Wildman–Crippen MR) is 113 cm³/mol. The number of nitrogens with zero attached hydrogens (tertiary/aromatic N) is 1. The van der Waals surface area contributed by atoms with Crippen molar-refractivity contribution in [2.75, 3.05) is 6.26 Å². The molecule has 2 heterocycles. The molecule has 1 aromatic carbocycles. The molecule has 4 rings (SSSR count). The molecule has 1 aliphatic rings. The first-order chi connectivity index (χ1) is 13.4. The van der Waals surface area contributed by atoms with Crippen LogP contribution in [-0.4, -0.2) is 24.6 Å². The highest BCUT2D eigenvalue weighted by Gasteiger charge is 2.27. The Kier molecular flexibility index (Phi) is 5.28. The van der Waals surface area contributed by atoms with E-state index in [4.69, 9.17) is 0 Å². The lowest BCUT2D eigenvalue weighted by molar-refractivity contribution is 0.429. The van der Waals surface area contributed by atoms with E-state index >= 15 is 0 Å². The van der Waals surface area contributed by atoms with Gasteiger partial charge in [-0.05, 0) is 72.9 Å². The number of benzene rings is 1. The Morgan fingerprint density at radius 1 is 1.14 bits per heavy atom. The first kappa shape index (κ1) is 19.2. The molecule has 0 radical (unpaired) electrons. The van der Waals surface area contributed by atoms with Crippen molar-refractivity contribution >= 4 is 20.9 Å². The third-order valence-corrected chi connectivity index (χ3v) is 7.26. The number of fused-ring (bicyclic) bond motifs is 1. The molecule has 5 heteroatoms. The topological polar surface area (TPSA) is 62.8 Å². The van der Waals surface area contributed by atoms with Crippen LogP contribution in [0.1, 0.15) is 55.3 Å². The third-order valence-electron chi connectivity index (χ3n) is 6.14. The van der Waals surface area contributed by atoms with E-state index in [1.807, 2.05) is 18.3 Å². The molecule has 2 aromatic heterocycles. The summed E-state index contributed by atoms with van der Waals surface area (Å²) in [7, 11) is -3.16. The number of rotatable bonds is 6. The Morgan fingerprint density at radius 3 is 2.50 bits per heavy atom. The molecule has 1 N–H and O–H groups in total. The summed E-state index contributed by atoms with van der Waals surface area (Å²) in [6.45, 7) is 2.15. The summed E-state index contributed by atoms with van der Waals surface area (Å²) in [5, 5.41) is 1.17. The van der Waals surface area contributed by atoms with Gasteiger partial charge in [-0.15, -0.1) is 0 Å². The fourth-order valence-corrected chi connectivity index (χ4v) is 5.17. The van der Waals surface area contributed by atoms with E-state index in [9.17, 15) is 8.42 Å². The van der Waals surface area contributed by atoms with E-state index in [0.29, 0.717) is 16.7 Å². The SMILES string of the molecule is CCc1cnc2[nH]c(CC(c3ccc(S(C)(=O)=O)cc3)C3CCCC3)cc2c1. The number of hydrogen-bond acceptors (Lipinski definition) is 3. The van der Waals surface area contributed by atoms with Crippen LogP contribution in [0.4, 0.5) is 0 Å². The summed E-state index contributed by atoms with van der Waals surface area (Å²) in [5.74, 6) is 1.05. The van der Waals surface area contributed by atoms with E-state index < -0.39 is 9.84 Å². The van der Waals surface area contributed by atoms with Gasteiger partial charge in [0.25, 0.3) is 0 Å². The van der Waals surface area contributed by atoms with Crippen molar-refractivity contribution in [1.29, 1.82) is 0 Å². The maximum atomic E-state index is 11.8. The predicted octanol–water partition coefficient (Wildman–Crippen LogP) is 5.05.